The number of rotatable bonds is 5. The molecule has 0 bridgehead atoms. The van der Waals surface area contributed by atoms with E-state index in [2.05, 4.69) is 19.8 Å². The van der Waals surface area contributed by atoms with Crippen molar-refractivity contribution in [3.8, 4) is 29.1 Å². The van der Waals surface area contributed by atoms with E-state index in [1.165, 1.54) is 36.3 Å². The first-order valence-electron chi connectivity index (χ1n) is 6.92. The highest BCUT2D eigenvalue weighted by atomic mass is 19.1. The number of hydrogen-bond donors (Lipinski definition) is 1. The molecule has 0 spiro atoms. The molecule has 0 aliphatic carbocycles. The van der Waals surface area contributed by atoms with Gasteiger partial charge in [-0.3, -0.25) is 0 Å². The highest BCUT2D eigenvalue weighted by Crippen LogP contribution is 2.26. The van der Waals surface area contributed by atoms with Gasteiger partial charge in [0.1, 0.15) is 11.4 Å². The summed E-state index contributed by atoms with van der Waals surface area (Å²) in [6, 6.07) is 5.51. The molecular formula is C15H12FN5O4. The monoisotopic (exact) mass is 345 g/mol. The highest BCUT2D eigenvalue weighted by molar-refractivity contribution is 5.68. The van der Waals surface area contributed by atoms with Crippen LogP contribution >= 0.6 is 0 Å². The first-order chi connectivity index (χ1) is 12.0. The molecule has 0 unspecified atom stereocenters. The summed E-state index contributed by atoms with van der Waals surface area (Å²) in [4.78, 5) is 18.6. The average molecular weight is 345 g/mol. The molecule has 0 atom stereocenters. The van der Waals surface area contributed by atoms with Gasteiger partial charge in [-0.1, -0.05) is 0 Å². The van der Waals surface area contributed by atoms with Gasteiger partial charge in [0.2, 0.25) is 5.88 Å². The molecule has 3 rings (SSSR count). The van der Waals surface area contributed by atoms with Crippen LogP contribution < -0.4 is 19.9 Å². The van der Waals surface area contributed by atoms with Gasteiger partial charge in [-0.05, 0) is 12.1 Å². The zero-order chi connectivity index (χ0) is 17.8. The Morgan fingerprint density at radius 1 is 1.24 bits per heavy atom. The van der Waals surface area contributed by atoms with Crippen LogP contribution in [0, 0.1) is 5.82 Å². The summed E-state index contributed by atoms with van der Waals surface area (Å²) in [5, 5.41) is 4.18. The van der Waals surface area contributed by atoms with Crippen molar-refractivity contribution in [1.29, 1.82) is 0 Å². The third kappa shape index (κ3) is 3.80. The molecule has 1 aromatic carbocycles. The maximum atomic E-state index is 13.8. The molecule has 0 aliphatic heterocycles. The van der Waals surface area contributed by atoms with Gasteiger partial charge in [-0.25, -0.2) is 23.8 Å². The van der Waals surface area contributed by atoms with Crippen LogP contribution in [0.5, 0.6) is 23.4 Å². The van der Waals surface area contributed by atoms with Crippen LogP contribution in [0.4, 0.5) is 9.18 Å². The molecular weight excluding hydrogens is 333 g/mol. The normalized spacial score (nSPS) is 10.3. The Morgan fingerprint density at radius 2 is 2.00 bits per heavy atom. The second-order valence-corrected chi connectivity index (χ2v) is 4.64. The van der Waals surface area contributed by atoms with Crippen molar-refractivity contribution in [3.63, 3.8) is 0 Å². The number of methoxy groups -OCH3 is 1. The molecule has 0 radical (unpaired) electrons. The Hall–Kier alpha value is -3.69. The van der Waals surface area contributed by atoms with E-state index in [-0.39, 0.29) is 23.4 Å². The van der Waals surface area contributed by atoms with Crippen molar-refractivity contribution in [2.45, 2.75) is 0 Å². The topological polar surface area (TPSA) is 114 Å². The Labute approximate surface area is 140 Å². The van der Waals surface area contributed by atoms with Crippen molar-refractivity contribution in [1.82, 2.24) is 19.7 Å². The van der Waals surface area contributed by atoms with Crippen molar-refractivity contribution in [2.75, 3.05) is 7.11 Å². The van der Waals surface area contributed by atoms with Crippen LogP contribution in [-0.2, 0) is 0 Å². The lowest BCUT2D eigenvalue weighted by atomic mass is 10.3. The molecule has 25 heavy (non-hydrogen) atoms. The number of hydrogen-bond acceptors (Lipinski definition) is 7. The summed E-state index contributed by atoms with van der Waals surface area (Å²) in [5.74, 6) is -0.690. The van der Waals surface area contributed by atoms with Crippen molar-refractivity contribution < 1.29 is 23.4 Å². The number of carbonyl (C=O) groups excluding carboxylic acids is 1. The number of nitrogens with zero attached hydrogens (tertiary/aromatic N) is 4. The first kappa shape index (κ1) is 16.2. The summed E-state index contributed by atoms with van der Waals surface area (Å²) < 4.78 is 30.1. The number of benzene rings is 1. The lowest BCUT2D eigenvalue weighted by molar-refractivity contribution is 0.208. The van der Waals surface area contributed by atoms with Crippen molar-refractivity contribution in [3.05, 3.63) is 48.7 Å². The summed E-state index contributed by atoms with van der Waals surface area (Å²) in [6.45, 7) is 0. The number of aromatic nitrogens is 4. The summed E-state index contributed by atoms with van der Waals surface area (Å²) >= 11 is 0. The fraction of sp³-hybridized carbons (Fsp3) is 0.0667. The maximum Gasteiger partial charge on any atom is 0.410 e. The number of amides is 1. The van der Waals surface area contributed by atoms with Gasteiger partial charge >= 0.3 is 12.1 Å². The minimum absolute atomic E-state index is 0.172. The molecule has 3 aromatic rings. The summed E-state index contributed by atoms with van der Waals surface area (Å²) in [7, 11) is 1.47. The fourth-order valence-corrected chi connectivity index (χ4v) is 1.90. The Balaban J connectivity index is 1.74. The minimum Gasteiger partial charge on any atom is -0.467 e. The van der Waals surface area contributed by atoms with Crippen LogP contribution in [0.25, 0.3) is 5.69 Å². The number of carbonyl (C=O) groups is 1. The largest absolute Gasteiger partial charge is 0.467 e. The Morgan fingerprint density at radius 3 is 2.64 bits per heavy atom. The predicted octanol–water partition coefficient (Wildman–Crippen LogP) is 2.06. The van der Waals surface area contributed by atoms with Crippen molar-refractivity contribution in [2.24, 2.45) is 5.73 Å². The van der Waals surface area contributed by atoms with Gasteiger partial charge < -0.3 is 19.9 Å². The summed E-state index contributed by atoms with van der Waals surface area (Å²) in [5.41, 5.74) is 5.43. The molecule has 1 amide bonds. The van der Waals surface area contributed by atoms with Gasteiger partial charge in [0, 0.05) is 18.3 Å². The lowest BCUT2D eigenvalue weighted by Crippen LogP contribution is -2.16. The van der Waals surface area contributed by atoms with E-state index in [1.807, 2.05) is 0 Å². The average Bonchev–Trinajstić information content (AvgIpc) is 3.05. The molecule has 10 heteroatoms. The second kappa shape index (κ2) is 6.83. The number of halogens is 1. The molecule has 2 heterocycles. The van der Waals surface area contributed by atoms with E-state index >= 15 is 0 Å². The predicted molar refractivity (Wildman–Crippen MR) is 82.4 cm³/mol. The van der Waals surface area contributed by atoms with E-state index in [1.54, 1.807) is 12.3 Å². The fourth-order valence-electron chi connectivity index (χ4n) is 1.90. The van der Waals surface area contributed by atoms with E-state index in [0.29, 0.717) is 5.69 Å². The first-order valence-corrected chi connectivity index (χ1v) is 6.92. The summed E-state index contributed by atoms with van der Waals surface area (Å²) in [6.07, 6.45) is 3.57. The molecule has 128 valence electrons. The molecule has 2 N–H and O–H groups in total. The van der Waals surface area contributed by atoms with Crippen molar-refractivity contribution >= 4 is 6.09 Å². The molecule has 0 aliphatic rings. The third-order valence-electron chi connectivity index (χ3n) is 2.96. The highest BCUT2D eigenvalue weighted by Gasteiger charge is 2.10. The quantitative estimate of drug-likeness (QED) is 0.752. The van der Waals surface area contributed by atoms with E-state index in [0.717, 1.165) is 6.07 Å². The van der Waals surface area contributed by atoms with Crippen LogP contribution in [0.2, 0.25) is 0 Å². The van der Waals surface area contributed by atoms with E-state index in [4.69, 9.17) is 15.2 Å². The zero-order valence-electron chi connectivity index (χ0n) is 12.9. The van der Waals surface area contributed by atoms with Gasteiger partial charge in [-0.15, -0.1) is 5.10 Å². The minimum atomic E-state index is -1.10. The van der Waals surface area contributed by atoms with Crippen LogP contribution in [-0.4, -0.2) is 33.0 Å². The van der Waals surface area contributed by atoms with Gasteiger partial charge in [0.15, 0.2) is 11.6 Å². The maximum absolute atomic E-state index is 13.8. The molecule has 0 saturated carbocycles. The Bertz CT molecular complexity index is 897. The van der Waals surface area contributed by atoms with Crippen LogP contribution in [0.3, 0.4) is 0 Å². The Kier molecular flexibility index (Phi) is 4.42. The molecule has 2 aromatic heterocycles. The van der Waals surface area contributed by atoms with Gasteiger partial charge in [0.05, 0.1) is 19.5 Å². The molecule has 0 fully saturated rings. The lowest BCUT2D eigenvalue weighted by Gasteiger charge is -2.06. The van der Waals surface area contributed by atoms with Crippen LogP contribution in [0.1, 0.15) is 0 Å². The van der Waals surface area contributed by atoms with Gasteiger partial charge in [-0.2, -0.15) is 0 Å². The smallest absolute Gasteiger partial charge is 0.410 e. The molecule has 0 saturated heterocycles. The second-order valence-electron chi connectivity index (χ2n) is 4.64. The SMILES string of the molecule is COc1ncc(-n2ccc(Oc3ccc(OC(N)=O)c(F)c3)n2)cn1. The zero-order valence-corrected chi connectivity index (χ0v) is 12.9. The standard InChI is InChI=1S/C15H12FN5O4/c1-23-15-18-7-9(8-19-15)21-5-4-13(20-21)24-10-2-3-12(11(16)6-10)25-14(17)22/h2-8H,1H3,(H2,17,22). The van der Waals surface area contributed by atoms with Gasteiger partial charge in [0.25, 0.3) is 0 Å². The number of primary amides is 1. The third-order valence-corrected chi connectivity index (χ3v) is 2.96. The molecule has 9 nitrogen and oxygen atoms in total. The number of ether oxygens (including phenoxy) is 3. The number of nitrogens with two attached hydrogens (primary N) is 1. The van der Waals surface area contributed by atoms with Crippen LogP contribution in [0.15, 0.2) is 42.9 Å². The van der Waals surface area contributed by atoms with E-state index < -0.39 is 11.9 Å². The van der Waals surface area contributed by atoms with E-state index in [9.17, 15) is 9.18 Å².